The van der Waals surface area contributed by atoms with Crippen LogP contribution in [-0.2, 0) is 12.8 Å². The first-order chi connectivity index (χ1) is 14.9. The zero-order chi connectivity index (χ0) is 22.0. The first-order valence-corrected chi connectivity index (χ1v) is 12.3. The molecule has 4 heteroatoms. The van der Waals surface area contributed by atoms with Crippen LogP contribution in [0.5, 0.6) is 0 Å². The smallest absolute Gasteiger partial charge is 0.251 e. The number of carbonyl (C=O) groups excluding carboxylic acids is 1. The van der Waals surface area contributed by atoms with Crippen molar-refractivity contribution in [3.05, 3.63) is 52.8 Å². The maximum Gasteiger partial charge on any atom is 0.251 e. The Morgan fingerprint density at radius 1 is 1.06 bits per heavy atom. The van der Waals surface area contributed by atoms with Crippen LogP contribution in [0.15, 0.2) is 30.3 Å². The monoisotopic (exact) mass is 421 g/mol. The van der Waals surface area contributed by atoms with Gasteiger partial charge in [0.25, 0.3) is 5.91 Å². The van der Waals surface area contributed by atoms with Crippen molar-refractivity contribution in [3.63, 3.8) is 0 Å². The summed E-state index contributed by atoms with van der Waals surface area (Å²) in [6.45, 7) is 11.0. The number of nitrogens with zero attached hydrogens (tertiary/aromatic N) is 2. The number of hydrogen-bond acceptors (Lipinski definition) is 2. The Kier molecular flexibility index (Phi) is 6.86. The first kappa shape index (κ1) is 22.1. The normalized spacial score (nSPS) is 24.1. The number of hydrogen-bond donors (Lipinski definition) is 1. The fourth-order valence-corrected chi connectivity index (χ4v) is 5.67. The SMILES string of the molecule is Cc1cc2c(n1-c1ccc(C(=O)NCCCN3[C@H](C)CCC[C@H]3C)cc1)CC[C@H](C)C2. The summed E-state index contributed by atoms with van der Waals surface area (Å²) in [7, 11) is 0. The molecule has 3 atom stereocenters. The molecule has 1 aliphatic carbocycles. The van der Waals surface area contributed by atoms with Crippen LogP contribution in [0.1, 0.15) is 80.2 Å². The molecule has 0 saturated carbocycles. The molecule has 1 aliphatic heterocycles. The molecule has 0 radical (unpaired) electrons. The minimum absolute atomic E-state index is 0.0337. The van der Waals surface area contributed by atoms with Gasteiger partial charge in [0.15, 0.2) is 0 Å². The van der Waals surface area contributed by atoms with Crippen LogP contribution in [0, 0.1) is 12.8 Å². The predicted molar refractivity (Wildman–Crippen MR) is 128 cm³/mol. The van der Waals surface area contributed by atoms with E-state index < -0.39 is 0 Å². The summed E-state index contributed by atoms with van der Waals surface area (Å²) in [4.78, 5) is 15.2. The van der Waals surface area contributed by atoms with Gasteiger partial charge in [0.05, 0.1) is 0 Å². The summed E-state index contributed by atoms with van der Waals surface area (Å²) < 4.78 is 2.38. The zero-order valence-electron chi connectivity index (χ0n) is 19.8. The third kappa shape index (κ3) is 4.90. The lowest BCUT2D eigenvalue weighted by Gasteiger charge is -2.39. The van der Waals surface area contributed by atoms with Crippen LogP contribution in [0.2, 0.25) is 0 Å². The van der Waals surface area contributed by atoms with Gasteiger partial charge in [-0.25, -0.2) is 0 Å². The molecule has 1 aromatic heterocycles. The minimum atomic E-state index is 0.0337. The van der Waals surface area contributed by atoms with Gasteiger partial charge in [-0.3, -0.25) is 9.69 Å². The highest BCUT2D eigenvalue weighted by Crippen LogP contribution is 2.30. The zero-order valence-corrected chi connectivity index (χ0v) is 19.8. The van der Waals surface area contributed by atoms with E-state index >= 15 is 0 Å². The Labute approximate surface area is 188 Å². The molecule has 1 saturated heterocycles. The predicted octanol–water partition coefficient (Wildman–Crippen LogP) is 5.29. The fourth-order valence-electron chi connectivity index (χ4n) is 5.67. The Hall–Kier alpha value is -2.07. The third-order valence-electron chi connectivity index (χ3n) is 7.46. The summed E-state index contributed by atoms with van der Waals surface area (Å²) in [5.41, 5.74) is 6.15. The molecule has 0 spiro atoms. The van der Waals surface area contributed by atoms with Gasteiger partial charge in [0.2, 0.25) is 0 Å². The number of aryl methyl sites for hydroxylation is 1. The van der Waals surface area contributed by atoms with E-state index in [1.54, 1.807) is 0 Å². The lowest BCUT2D eigenvalue weighted by atomic mass is 9.89. The highest BCUT2D eigenvalue weighted by molar-refractivity contribution is 5.94. The lowest BCUT2D eigenvalue weighted by Crippen LogP contribution is -2.44. The molecule has 1 amide bonds. The first-order valence-electron chi connectivity index (χ1n) is 12.3. The van der Waals surface area contributed by atoms with Gasteiger partial charge in [0, 0.05) is 47.8 Å². The average Bonchev–Trinajstić information content (AvgIpc) is 3.07. The van der Waals surface area contributed by atoms with Gasteiger partial charge in [-0.1, -0.05) is 13.3 Å². The van der Waals surface area contributed by atoms with Gasteiger partial charge >= 0.3 is 0 Å². The van der Waals surface area contributed by atoms with Gasteiger partial charge in [0.1, 0.15) is 0 Å². The van der Waals surface area contributed by atoms with Gasteiger partial charge < -0.3 is 9.88 Å². The van der Waals surface area contributed by atoms with E-state index in [0.717, 1.165) is 43.1 Å². The molecule has 168 valence electrons. The van der Waals surface area contributed by atoms with Crippen molar-refractivity contribution < 1.29 is 4.79 Å². The van der Waals surface area contributed by atoms with E-state index in [1.807, 2.05) is 12.1 Å². The van der Waals surface area contributed by atoms with Gasteiger partial charge in [-0.05, 0) is 101 Å². The Morgan fingerprint density at radius 3 is 2.48 bits per heavy atom. The molecular weight excluding hydrogens is 382 g/mol. The molecule has 2 heterocycles. The van der Waals surface area contributed by atoms with Gasteiger partial charge in [-0.2, -0.15) is 0 Å². The molecule has 2 aromatic rings. The number of nitrogens with one attached hydrogen (secondary N) is 1. The van der Waals surface area contributed by atoms with Crippen LogP contribution in [-0.4, -0.2) is 40.5 Å². The lowest BCUT2D eigenvalue weighted by molar-refractivity contribution is 0.0925. The standard InChI is InChI=1S/C27H39N3O/c1-19-9-14-26-24(17-19)18-22(4)30(26)25-12-10-23(11-13-25)27(31)28-15-6-16-29-20(2)7-5-8-21(29)3/h10-13,18-21H,5-9,14-17H2,1-4H3,(H,28,31)/t19-,20+,21+/m0/s1. The number of aromatic nitrogens is 1. The summed E-state index contributed by atoms with van der Waals surface area (Å²) in [5, 5.41) is 3.12. The molecule has 1 fully saturated rings. The summed E-state index contributed by atoms with van der Waals surface area (Å²) in [6, 6.07) is 11.8. The van der Waals surface area contributed by atoms with Crippen molar-refractivity contribution in [3.8, 4) is 5.69 Å². The second kappa shape index (κ2) is 9.60. The highest BCUT2D eigenvalue weighted by Gasteiger charge is 2.24. The molecule has 0 unspecified atom stereocenters. The summed E-state index contributed by atoms with van der Waals surface area (Å²) >= 11 is 0. The Morgan fingerprint density at radius 2 is 1.77 bits per heavy atom. The number of piperidine rings is 1. The van der Waals surface area contributed by atoms with E-state index in [0.29, 0.717) is 12.1 Å². The fraction of sp³-hybridized carbons (Fsp3) is 0.593. The van der Waals surface area contributed by atoms with Gasteiger partial charge in [-0.15, -0.1) is 0 Å². The maximum atomic E-state index is 12.6. The maximum absolute atomic E-state index is 12.6. The van der Waals surface area contributed by atoms with Crippen LogP contribution in [0.3, 0.4) is 0 Å². The van der Waals surface area contributed by atoms with E-state index in [4.69, 9.17) is 0 Å². The second-order valence-corrected chi connectivity index (χ2v) is 9.96. The van der Waals surface area contributed by atoms with Crippen molar-refractivity contribution in [1.82, 2.24) is 14.8 Å². The average molecular weight is 422 g/mol. The topological polar surface area (TPSA) is 37.3 Å². The highest BCUT2D eigenvalue weighted by atomic mass is 16.1. The van der Waals surface area contributed by atoms with Crippen molar-refractivity contribution in [2.24, 2.45) is 5.92 Å². The molecule has 4 nitrogen and oxygen atoms in total. The van der Waals surface area contributed by atoms with E-state index in [2.05, 4.69) is 60.7 Å². The van der Waals surface area contributed by atoms with E-state index in [9.17, 15) is 4.79 Å². The number of fused-ring (bicyclic) bond motifs is 1. The Balaban J connectivity index is 1.33. The van der Waals surface area contributed by atoms with E-state index in [1.165, 1.54) is 49.1 Å². The van der Waals surface area contributed by atoms with Crippen LogP contribution in [0.4, 0.5) is 0 Å². The molecular formula is C27H39N3O. The third-order valence-corrected chi connectivity index (χ3v) is 7.46. The number of carbonyl (C=O) groups is 1. The minimum Gasteiger partial charge on any atom is -0.352 e. The van der Waals surface area contributed by atoms with Crippen LogP contribution in [0.25, 0.3) is 5.69 Å². The quantitative estimate of drug-likeness (QED) is 0.643. The molecule has 0 bridgehead atoms. The second-order valence-electron chi connectivity index (χ2n) is 9.96. The molecule has 4 rings (SSSR count). The summed E-state index contributed by atoms with van der Waals surface area (Å²) in [6.07, 6.45) is 8.52. The largest absolute Gasteiger partial charge is 0.352 e. The molecule has 1 aromatic carbocycles. The number of benzene rings is 1. The molecule has 31 heavy (non-hydrogen) atoms. The number of rotatable bonds is 6. The Bertz CT molecular complexity index is 888. The summed E-state index contributed by atoms with van der Waals surface area (Å²) in [5.74, 6) is 0.807. The number of amides is 1. The van der Waals surface area contributed by atoms with Crippen molar-refractivity contribution in [2.45, 2.75) is 84.7 Å². The number of likely N-dealkylation sites (tertiary alicyclic amines) is 1. The molecule has 1 N–H and O–H groups in total. The van der Waals surface area contributed by atoms with Crippen LogP contribution >= 0.6 is 0 Å². The van der Waals surface area contributed by atoms with Crippen molar-refractivity contribution in [1.29, 1.82) is 0 Å². The molecule has 2 aliphatic rings. The van der Waals surface area contributed by atoms with E-state index in [-0.39, 0.29) is 5.91 Å². The van der Waals surface area contributed by atoms with Crippen molar-refractivity contribution in [2.75, 3.05) is 13.1 Å². The van der Waals surface area contributed by atoms with Crippen LogP contribution < -0.4 is 5.32 Å². The van der Waals surface area contributed by atoms with Crippen molar-refractivity contribution >= 4 is 5.91 Å².